The summed E-state index contributed by atoms with van der Waals surface area (Å²) in [5.41, 5.74) is 6.10. The van der Waals surface area contributed by atoms with Crippen molar-refractivity contribution in [2.24, 2.45) is 14.1 Å². The molecule has 9 heteroatoms. The molecule has 6 rings (SSSR count). The van der Waals surface area contributed by atoms with E-state index in [2.05, 4.69) is 27.9 Å². The van der Waals surface area contributed by atoms with E-state index in [0.29, 0.717) is 12.5 Å². The molecular weight excluding hydrogens is 430 g/mol. The molecule has 0 atom stereocenters. The Bertz CT molecular complexity index is 1390. The first kappa shape index (κ1) is 21.1. The van der Waals surface area contributed by atoms with Crippen molar-refractivity contribution in [3.8, 4) is 22.5 Å². The number of aryl methyl sites for hydroxylation is 2. The number of rotatable bonds is 3. The maximum absolute atomic E-state index is 12.2. The summed E-state index contributed by atoms with van der Waals surface area (Å²) in [6.07, 6.45) is 5.81. The number of carbonyl (C=O) groups excluding carboxylic acids is 1. The fraction of sp³-hybridized carbons (Fsp3) is 0.440. The monoisotopic (exact) mass is 459 g/mol. The van der Waals surface area contributed by atoms with E-state index in [1.54, 1.807) is 11.6 Å². The topological polar surface area (TPSA) is 83.0 Å². The summed E-state index contributed by atoms with van der Waals surface area (Å²) >= 11 is 0. The van der Waals surface area contributed by atoms with Crippen LogP contribution in [0, 0.1) is 0 Å². The summed E-state index contributed by atoms with van der Waals surface area (Å²) in [6.45, 7) is 5.29. The highest BCUT2D eigenvalue weighted by Gasteiger charge is 2.30. The zero-order valence-corrected chi connectivity index (χ0v) is 19.9. The van der Waals surface area contributed by atoms with Crippen molar-refractivity contribution in [3.05, 3.63) is 42.1 Å². The van der Waals surface area contributed by atoms with Crippen molar-refractivity contribution in [1.82, 2.24) is 34.0 Å². The second-order valence-electron chi connectivity index (χ2n) is 9.35. The van der Waals surface area contributed by atoms with Gasteiger partial charge in [0, 0.05) is 76.0 Å². The van der Waals surface area contributed by atoms with E-state index in [-0.39, 0.29) is 5.91 Å². The first-order chi connectivity index (χ1) is 16.5. The third-order valence-electron chi connectivity index (χ3n) is 7.17. The normalized spacial score (nSPS) is 16.9. The molecule has 0 saturated carbocycles. The summed E-state index contributed by atoms with van der Waals surface area (Å²) in [5.74, 6) is 1.63. The molecule has 34 heavy (non-hydrogen) atoms. The van der Waals surface area contributed by atoms with Gasteiger partial charge < -0.3 is 14.2 Å². The lowest BCUT2D eigenvalue weighted by Crippen LogP contribution is -2.37. The summed E-state index contributed by atoms with van der Waals surface area (Å²) in [7, 11) is 3.88. The smallest absolute Gasteiger partial charge is 0.219 e. The molecule has 2 aliphatic rings. The number of ether oxygens (including phenoxy) is 1. The molecule has 0 unspecified atom stereocenters. The maximum Gasteiger partial charge on any atom is 0.219 e. The summed E-state index contributed by atoms with van der Waals surface area (Å²) in [6, 6.07) is 6.43. The molecule has 0 spiro atoms. The minimum atomic E-state index is 0.104. The van der Waals surface area contributed by atoms with E-state index in [1.165, 1.54) is 0 Å². The average molecular weight is 460 g/mol. The van der Waals surface area contributed by atoms with E-state index in [4.69, 9.17) is 14.8 Å². The van der Waals surface area contributed by atoms with Gasteiger partial charge in [0.15, 0.2) is 0 Å². The number of imidazole rings is 1. The number of hydrogen-bond acceptors (Lipinski definition) is 5. The molecule has 9 nitrogen and oxygen atoms in total. The van der Waals surface area contributed by atoms with Gasteiger partial charge in [-0.05, 0) is 25.0 Å². The molecular formula is C25H29N7O2. The van der Waals surface area contributed by atoms with Crippen molar-refractivity contribution in [2.45, 2.75) is 38.8 Å². The maximum atomic E-state index is 12.2. The van der Waals surface area contributed by atoms with Gasteiger partial charge in [0.25, 0.3) is 0 Å². The Morgan fingerprint density at radius 2 is 1.91 bits per heavy atom. The Labute approximate surface area is 197 Å². The molecule has 2 aliphatic heterocycles. The van der Waals surface area contributed by atoms with Crippen LogP contribution in [0.2, 0.25) is 0 Å². The first-order valence-electron chi connectivity index (χ1n) is 11.9. The highest BCUT2D eigenvalue weighted by atomic mass is 16.5. The van der Waals surface area contributed by atoms with Gasteiger partial charge in [0.2, 0.25) is 5.91 Å². The third-order valence-corrected chi connectivity index (χ3v) is 7.17. The first-order valence-corrected chi connectivity index (χ1v) is 11.9. The molecule has 0 radical (unpaired) electrons. The fourth-order valence-corrected chi connectivity index (χ4v) is 5.33. The Morgan fingerprint density at radius 3 is 2.65 bits per heavy atom. The minimum Gasteiger partial charge on any atom is -0.381 e. The van der Waals surface area contributed by atoms with Crippen LogP contribution in [0.25, 0.3) is 33.4 Å². The molecule has 1 saturated heterocycles. The summed E-state index contributed by atoms with van der Waals surface area (Å²) in [4.78, 5) is 19.3. The van der Waals surface area contributed by atoms with E-state index < -0.39 is 0 Å². The lowest BCUT2D eigenvalue weighted by Gasteiger charge is -2.30. The van der Waals surface area contributed by atoms with Crippen LogP contribution in [-0.4, -0.2) is 59.7 Å². The lowest BCUT2D eigenvalue weighted by atomic mass is 9.99. The van der Waals surface area contributed by atoms with Crippen LogP contribution in [0.3, 0.4) is 0 Å². The molecule has 1 fully saturated rings. The predicted molar refractivity (Wildman–Crippen MR) is 128 cm³/mol. The molecule has 0 N–H and O–H groups in total. The van der Waals surface area contributed by atoms with Crippen LogP contribution in [0.15, 0.2) is 30.6 Å². The van der Waals surface area contributed by atoms with Gasteiger partial charge in [0.1, 0.15) is 11.5 Å². The second kappa shape index (κ2) is 8.09. The minimum absolute atomic E-state index is 0.104. The molecule has 0 aliphatic carbocycles. The number of nitrogens with zero attached hydrogens (tertiary/aromatic N) is 7. The van der Waals surface area contributed by atoms with Crippen LogP contribution in [-0.2, 0) is 36.7 Å². The third kappa shape index (κ3) is 3.42. The average Bonchev–Trinajstić information content (AvgIpc) is 3.54. The number of fused-ring (bicyclic) bond motifs is 2. The predicted octanol–water partition coefficient (Wildman–Crippen LogP) is 3.09. The standard InChI is InChI=1S/C25H29N7O2/c1-16(33)31-8-9-32-22(15-31)24(27-25(32)17-6-10-34-11-7-17)18-4-5-21-20(12-18)23(28-30(21)3)19-13-26-29(2)14-19/h4-5,12-14,17H,6-11,15H2,1-3H3. The lowest BCUT2D eigenvalue weighted by molar-refractivity contribution is -0.130. The van der Waals surface area contributed by atoms with Gasteiger partial charge in [0.05, 0.1) is 29.6 Å². The molecule has 0 bridgehead atoms. The van der Waals surface area contributed by atoms with E-state index in [0.717, 1.165) is 84.1 Å². The van der Waals surface area contributed by atoms with Crippen LogP contribution >= 0.6 is 0 Å². The number of benzene rings is 1. The molecule has 1 amide bonds. The highest BCUT2D eigenvalue weighted by molar-refractivity contribution is 5.95. The van der Waals surface area contributed by atoms with Crippen molar-refractivity contribution in [1.29, 1.82) is 0 Å². The van der Waals surface area contributed by atoms with Gasteiger partial charge in [-0.2, -0.15) is 10.2 Å². The van der Waals surface area contributed by atoms with Gasteiger partial charge in [-0.25, -0.2) is 4.98 Å². The Morgan fingerprint density at radius 1 is 1.09 bits per heavy atom. The van der Waals surface area contributed by atoms with E-state index >= 15 is 0 Å². The highest BCUT2D eigenvalue weighted by Crippen LogP contribution is 2.37. The van der Waals surface area contributed by atoms with Crippen molar-refractivity contribution in [2.75, 3.05) is 19.8 Å². The number of aromatic nitrogens is 6. The van der Waals surface area contributed by atoms with Gasteiger partial charge >= 0.3 is 0 Å². The fourth-order valence-electron chi connectivity index (χ4n) is 5.33. The van der Waals surface area contributed by atoms with E-state index in [9.17, 15) is 4.79 Å². The SMILES string of the molecule is CC(=O)N1CCn2c(C3CCOCC3)nc(-c3ccc4c(c3)c(-c3cnn(C)c3)nn4C)c2C1. The largest absolute Gasteiger partial charge is 0.381 e. The van der Waals surface area contributed by atoms with Gasteiger partial charge in [-0.3, -0.25) is 14.2 Å². The van der Waals surface area contributed by atoms with E-state index in [1.807, 2.05) is 36.1 Å². The van der Waals surface area contributed by atoms with Crippen LogP contribution < -0.4 is 0 Å². The number of carbonyl (C=O) groups is 1. The van der Waals surface area contributed by atoms with Crippen LogP contribution in [0.4, 0.5) is 0 Å². The summed E-state index contributed by atoms with van der Waals surface area (Å²) < 4.78 is 11.7. The van der Waals surface area contributed by atoms with Crippen LogP contribution in [0.1, 0.15) is 37.2 Å². The second-order valence-corrected chi connectivity index (χ2v) is 9.35. The van der Waals surface area contributed by atoms with Crippen molar-refractivity contribution < 1.29 is 9.53 Å². The molecule has 3 aromatic heterocycles. The van der Waals surface area contributed by atoms with Gasteiger partial charge in [-0.15, -0.1) is 0 Å². The Hall–Kier alpha value is -3.46. The molecule has 176 valence electrons. The molecule has 1 aromatic carbocycles. The zero-order valence-electron chi connectivity index (χ0n) is 19.9. The van der Waals surface area contributed by atoms with Crippen molar-refractivity contribution >= 4 is 16.8 Å². The zero-order chi connectivity index (χ0) is 23.4. The summed E-state index contributed by atoms with van der Waals surface area (Å²) in [5, 5.41) is 10.2. The van der Waals surface area contributed by atoms with Crippen LogP contribution in [0.5, 0.6) is 0 Å². The number of hydrogen-bond donors (Lipinski definition) is 0. The quantitative estimate of drug-likeness (QED) is 0.470. The Balaban J connectivity index is 1.50. The Kier molecular flexibility index (Phi) is 5.02. The molecule has 4 aromatic rings. The van der Waals surface area contributed by atoms with Gasteiger partial charge in [-0.1, -0.05) is 6.07 Å². The molecule has 5 heterocycles. The number of amides is 1. The van der Waals surface area contributed by atoms with Crippen molar-refractivity contribution in [3.63, 3.8) is 0 Å².